The highest BCUT2D eigenvalue weighted by Gasteiger charge is 2.27. The molecule has 0 aliphatic rings. The molecule has 0 spiro atoms. The minimum Gasteiger partial charge on any atom is -0.507 e. The quantitative estimate of drug-likeness (QED) is 0.811. The predicted octanol–water partition coefficient (Wildman–Crippen LogP) is 5.44. The fourth-order valence-electron chi connectivity index (χ4n) is 2.75. The molecule has 0 aromatic heterocycles. The average molecular weight is 337 g/mol. The van der Waals surface area contributed by atoms with Crippen molar-refractivity contribution in [3.63, 3.8) is 0 Å². The van der Waals surface area contributed by atoms with Gasteiger partial charge in [0.25, 0.3) is 0 Å². The number of nitrogens with zero attached hydrogens (tertiary/aromatic N) is 1. The maximum atomic E-state index is 10.8. The van der Waals surface area contributed by atoms with E-state index in [9.17, 15) is 10.4 Å². The molecule has 0 fully saturated rings. The highest BCUT2D eigenvalue weighted by Crippen LogP contribution is 2.41. The lowest BCUT2D eigenvalue weighted by molar-refractivity contribution is 0.302. The second-order valence-corrected chi connectivity index (χ2v) is 8.42. The molecule has 132 valence electrons. The normalized spacial score (nSPS) is 11.9. The van der Waals surface area contributed by atoms with Gasteiger partial charge in [-0.25, -0.2) is 0 Å². The van der Waals surface area contributed by atoms with Gasteiger partial charge >= 0.3 is 0 Å². The van der Waals surface area contributed by atoms with Crippen molar-refractivity contribution in [3.8, 4) is 17.6 Å². The van der Waals surface area contributed by atoms with Crippen molar-refractivity contribution in [1.29, 1.82) is 5.26 Å². The molecule has 0 bridgehead atoms. The van der Waals surface area contributed by atoms with Gasteiger partial charge in [-0.1, -0.05) is 59.7 Å². The van der Waals surface area contributed by atoms with E-state index in [0.717, 1.165) is 16.7 Å². The minimum atomic E-state index is -0.200. The maximum absolute atomic E-state index is 10.8. The number of phenolic OH excluding ortho intramolecular Hbond substituents is 1. The van der Waals surface area contributed by atoms with Gasteiger partial charge in [-0.3, -0.25) is 0 Å². The zero-order valence-electron chi connectivity index (χ0n) is 16.0. The number of hydrogen-bond acceptors (Lipinski definition) is 3. The predicted molar refractivity (Wildman–Crippen MR) is 101 cm³/mol. The SMILES string of the molecule is CC(C)(C)c1cc(OCc2ccccc2C#N)cc(C(C)(C)C)c1O. The van der Waals surface area contributed by atoms with Crippen LogP contribution in [-0.2, 0) is 17.4 Å². The van der Waals surface area contributed by atoms with Crippen LogP contribution in [0.4, 0.5) is 0 Å². The van der Waals surface area contributed by atoms with E-state index in [0.29, 0.717) is 23.7 Å². The van der Waals surface area contributed by atoms with Gasteiger partial charge in [-0.05, 0) is 29.0 Å². The fraction of sp³-hybridized carbons (Fsp3) is 0.409. The van der Waals surface area contributed by atoms with Crippen LogP contribution in [0.5, 0.6) is 11.5 Å². The molecule has 1 N–H and O–H groups in total. The van der Waals surface area contributed by atoms with Crippen LogP contribution in [-0.4, -0.2) is 5.11 Å². The Morgan fingerprint density at radius 3 is 1.96 bits per heavy atom. The molecule has 0 atom stereocenters. The average Bonchev–Trinajstić information content (AvgIpc) is 2.51. The van der Waals surface area contributed by atoms with Crippen LogP contribution in [0.3, 0.4) is 0 Å². The number of ether oxygens (including phenoxy) is 1. The molecule has 3 heteroatoms. The lowest BCUT2D eigenvalue weighted by Crippen LogP contribution is -2.17. The molecule has 0 radical (unpaired) electrons. The third-order valence-electron chi connectivity index (χ3n) is 4.23. The summed E-state index contributed by atoms with van der Waals surface area (Å²) in [6, 6.07) is 13.4. The number of benzene rings is 2. The van der Waals surface area contributed by atoms with Gasteiger partial charge in [-0.2, -0.15) is 5.26 Å². The van der Waals surface area contributed by atoms with Crippen molar-refractivity contribution in [2.24, 2.45) is 0 Å². The number of hydrogen-bond donors (Lipinski definition) is 1. The van der Waals surface area contributed by atoms with E-state index < -0.39 is 0 Å². The van der Waals surface area contributed by atoms with Crippen molar-refractivity contribution in [1.82, 2.24) is 0 Å². The van der Waals surface area contributed by atoms with E-state index in [1.54, 1.807) is 6.07 Å². The summed E-state index contributed by atoms with van der Waals surface area (Å²) >= 11 is 0. The Bertz CT molecular complexity index is 767. The van der Waals surface area contributed by atoms with Gasteiger partial charge in [0.1, 0.15) is 18.1 Å². The molecule has 2 rings (SSSR count). The first kappa shape index (κ1) is 18.9. The molecule has 25 heavy (non-hydrogen) atoms. The van der Waals surface area contributed by atoms with Crippen molar-refractivity contribution in [2.75, 3.05) is 0 Å². The van der Waals surface area contributed by atoms with E-state index in [1.807, 2.05) is 30.3 Å². The molecule has 0 saturated carbocycles. The summed E-state index contributed by atoms with van der Waals surface area (Å²) in [5, 5.41) is 20.0. The molecule has 0 aliphatic carbocycles. The highest BCUT2D eigenvalue weighted by atomic mass is 16.5. The largest absolute Gasteiger partial charge is 0.507 e. The van der Waals surface area contributed by atoms with E-state index in [4.69, 9.17) is 4.74 Å². The summed E-state index contributed by atoms with van der Waals surface area (Å²) in [5.41, 5.74) is 2.80. The van der Waals surface area contributed by atoms with Crippen LogP contribution in [0, 0.1) is 11.3 Å². The van der Waals surface area contributed by atoms with Crippen molar-refractivity contribution >= 4 is 0 Å². The van der Waals surface area contributed by atoms with E-state index in [2.05, 4.69) is 47.6 Å². The lowest BCUT2D eigenvalue weighted by Gasteiger charge is -2.28. The van der Waals surface area contributed by atoms with Crippen LogP contribution in [0.1, 0.15) is 63.8 Å². The second-order valence-electron chi connectivity index (χ2n) is 8.42. The molecule has 2 aromatic rings. The molecular weight excluding hydrogens is 310 g/mol. The Hall–Kier alpha value is -2.47. The number of nitriles is 1. The molecule has 2 aromatic carbocycles. The summed E-state index contributed by atoms with van der Waals surface area (Å²) in [4.78, 5) is 0. The summed E-state index contributed by atoms with van der Waals surface area (Å²) in [5.74, 6) is 1.05. The first-order valence-electron chi connectivity index (χ1n) is 8.53. The molecule has 0 saturated heterocycles. The van der Waals surface area contributed by atoms with Crippen molar-refractivity contribution in [3.05, 3.63) is 58.7 Å². The van der Waals surface area contributed by atoms with Gasteiger partial charge in [-0.15, -0.1) is 0 Å². The maximum Gasteiger partial charge on any atom is 0.123 e. The minimum absolute atomic E-state index is 0.200. The van der Waals surface area contributed by atoms with Crippen LogP contribution >= 0.6 is 0 Å². The van der Waals surface area contributed by atoms with Crippen LogP contribution in [0.2, 0.25) is 0 Å². The van der Waals surface area contributed by atoms with Crippen LogP contribution < -0.4 is 4.74 Å². The number of aromatic hydroxyl groups is 1. The van der Waals surface area contributed by atoms with Gasteiger partial charge in [0, 0.05) is 16.7 Å². The summed E-state index contributed by atoms with van der Waals surface area (Å²) < 4.78 is 6.00. The smallest absolute Gasteiger partial charge is 0.123 e. The Morgan fingerprint density at radius 1 is 0.960 bits per heavy atom. The monoisotopic (exact) mass is 337 g/mol. The van der Waals surface area contributed by atoms with E-state index >= 15 is 0 Å². The zero-order chi connectivity index (χ0) is 18.8. The Kier molecular flexibility index (Phi) is 5.13. The highest BCUT2D eigenvalue weighted by molar-refractivity contribution is 5.52. The third kappa shape index (κ3) is 4.33. The van der Waals surface area contributed by atoms with Gasteiger partial charge in [0.15, 0.2) is 0 Å². The lowest BCUT2D eigenvalue weighted by atomic mass is 9.79. The van der Waals surface area contributed by atoms with Crippen LogP contribution in [0.25, 0.3) is 0 Å². The molecule has 3 nitrogen and oxygen atoms in total. The van der Waals surface area contributed by atoms with Crippen molar-refractivity contribution in [2.45, 2.75) is 59.0 Å². The Balaban J connectivity index is 2.43. The van der Waals surface area contributed by atoms with Gasteiger partial charge in [0.2, 0.25) is 0 Å². The van der Waals surface area contributed by atoms with Gasteiger partial charge < -0.3 is 9.84 Å². The standard InChI is InChI=1S/C22H27NO2/c1-21(2,3)18-11-17(12-19(20(18)24)22(4,5)6)25-14-16-10-8-7-9-15(16)13-23/h7-12,24H,14H2,1-6H3. The Labute approximate surface area is 150 Å². The molecular formula is C22H27NO2. The molecule has 0 unspecified atom stereocenters. The van der Waals surface area contributed by atoms with Crippen LogP contribution in [0.15, 0.2) is 36.4 Å². The van der Waals surface area contributed by atoms with E-state index in [1.165, 1.54) is 0 Å². The summed E-state index contributed by atoms with van der Waals surface area (Å²) in [7, 11) is 0. The fourth-order valence-corrected chi connectivity index (χ4v) is 2.75. The number of rotatable bonds is 3. The molecule has 0 heterocycles. The van der Waals surface area contributed by atoms with Gasteiger partial charge in [0.05, 0.1) is 11.6 Å². The summed E-state index contributed by atoms with van der Waals surface area (Å²) in [6.45, 7) is 12.8. The third-order valence-corrected chi connectivity index (χ3v) is 4.23. The molecule has 0 aliphatic heterocycles. The topological polar surface area (TPSA) is 53.2 Å². The first-order valence-corrected chi connectivity index (χ1v) is 8.53. The van der Waals surface area contributed by atoms with E-state index in [-0.39, 0.29) is 10.8 Å². The Morgan fingerprint density at radius 2 is 1.48 bits per heavy atom. The first-order chi connectivity index (χ1) is 11.5. The second kappa shape index (κ2) is 6.80. The summed E-state index contributed by atoms with van der Waals surface area (Å²) in [6.07, 6.45) is 0. The molecule has 0 amide bonds. The zero-order valence-corrected chi connectivity index (χ0v) is 16.0. The van der Waals surface area contributed by atoms with Crippen molar-refractivity contribution < 1.29 is 9.84 Å². The number of phenols is 1.